The quantitative estimate of drug-likeness (QED) is 0.435. The Bertz CT molecular complexity index is 1110. The molecule has 0 aliphatic carbocycles. The minimum atomic E-state index is -2.83. The van der Waals surface area contributed by atoms with Crippen molar-refractivity contribution in [1.29, 1.82) is 0 Å². The number of rotatable bonds is 6. The van der Waals surface area contributed by atoms with Crippen molar-refractivity contribution in [3.05, 3.63) is 52.1 Å². The first-order valence-corrected chi connectivity index (χ1v) is 8.37. The van der Waals surface area contributed by atoms with E-state index < -0.39 is 25.1 Å². The van der Waals surface area contributed by atoms with E-state index in [1.54, 1.807) is 19.9 Å². The lowest BCUT2D eigenvalue weighted by Crippen LogP contribution is -2.32. The topological polar surface area (TPSA) is 86.0 Å². The molecule has 150 valence electrons. The first-order valence-electron chi connectivity index (χ1n) is 10.9. The maximum absolute atomic E-state index is 13.7. The van der Waals surface area contributed by atoms with Gasteiger partial charge in [0, 0.05) is 42.6 Å². The van der Waals surface area contributed by atoms with E-state index in [0.29, 0.717) is 33.8 Å². The summed E-state index contributed by atoms with van der Waals surface area (Å²) in [7, 11) is 0. The third-order valence-electron chi connectivity index (χ3n) is 4.38. The summed E-state index contributed by atoms with van der Waals surface area (Å²) < 4.78 is 50.1. The van der Waals surface area contributed by atoms with Gasteiger partial charge >= 0.3 is 0 Å². The molecule has 2 aromatic rings. The Balaban J connectivity index is 0.00000385. The van der Waals surface area contributed by atoms with E-state index in [1.807, 2.05) is 0 Å². The number of halogens is 2. The highest BCUT2D eigenvalue weighted by Gasteiger charge is 2.26. The highest BCUT2D eigenvalue weighted by molar-refractivity contribution is 6.34. The lowest BCUT2D eigenvalue weighted by Gasteiger charge is -2.06. The highest BCUT2D eigenvalue weighted by atomic mass is 35.5. The predicted molar refractivity (Wildman–Crippen MR) is 111 cm³/mol. The molecular weight excluding hydrogens is 383 g/mol. The van der Waals surface area contributed by atoms with Crippen LogP contribution in [-0.2, 0) is 4.79 Å². The number of carbonyl (C=O) groups excluding carboxylic acids is 2. The van der Waals surface area contributed by atoms with Gasteiger partial charge in [0.05, 0.1) is 11.1 Å². The third kappa shape index (κ3) is 4.26. The van der Waals surface area contributed by atoms with Crippen molar-refractivity contribution in [3.63, 3.8) is 0 Å². The largest absolute Gasteiger partial charge is 0.358 e. The molecule has 0 fully saturated rings. The molecule has 0 bridgehead atoms. The van der Waals surface area contributed by atoms with Crippen LogP contribution in [0.15, 0.2) is 18.2 Å². The highest BCUT2D eigenvalue weighted by Crippen LogP contribution is 2.34. The van der Waals surface area contributed by atoms with E-state index in [0.717, 1.165) is 0 Å². The molecule has 28 heavy (non-hydrogen) atoms. The molecule has 6 nitrogen and oxygen atoms in total. The number of aryl methyl sites for hydroxylation is 1. The Morgan fingerprint density at radius 2 is 2.14 bits per heavy atom. The number of hydrogen-bond acceptors (Lipinski definition) is 3. The third-order valence-corrected chi connectivity index (χ3v) is 4.38. The van der Waals surface area contributed by atoms with Crippen LogP contribution in [0.4, 0.5) is 10.1 Å². The van der Waals surface area contributed by atoms with Crippen LogP contribution in [0.2, 0.25) is 0 Å². The zero-order valence-corrected chi connectivity index (χ0v) is 16.1. The zero-order valence-electron chi connectivity index (χ0n) is 20.3. The van der Waals surface area contributed by atoms with Crippen LogP contribution in [0.1, 0.15) is 46.6 Å². The van der Waals surface area contributed by atoms with Gasteiger partial charge in [-0.2, -0.15) is 0 Å². The predicted octanol–water partition coefficient (Wildman–Crippen LogP) is 3.02. The molecule has 1 aromatic heterocycles. The minimum absolute atomic E-state index is 0. The van der Waals surface area contributed by atoms with Crippen molar-refractivity contribution in [3.8, 4) is 0 Å². The monoisotopic (exact) mass is 411 g/mol. The minimum Gasteiger partial charge on any atom is -0.358 e. The van der Waals surface area contributed by atoms with Gasteiger partial charge in [-0.05, 0) is 50.2 Å². The van der Waals surface area contributed by atoms with Gasteiger partial charge < -0.3 is 20.9 Å². The van der Waals surface area contributed by atoms with E-state index in [2.05, 4.69) is 20.9 Å². The summed E-state index contributed by atoms with van der Waals surface area (Å²) in [5.41, 5.74) is 3.21. The summed E-state index contributed by atoms with van der Waals surface area (Å²) in [5.74, 6) is -1.28. The fourth-order valence-electron chi connectivity index (χ4n) is 3.10. The molecule has 8 heteroatoms. The van der Waals surface area contributed by atoms with E-state index >= 15 is 0 Å². The van der Waals surface area contributed by atoms with Gasteiger partial charge in [-0.3, -0.25) is 9.59 Å². The number of nitrogens with one attached hydrogen (secondary N) is 4. The average molecular weight is 412 g/mol. The van der Waals surface area contributed by atoms with E-state index in [-0.39, 0.29) is 37.0 Å². The summed E-state index contributed by atoms with van der Waals surface area (Å²) in [5, 5.41) is 7.56. The van der Waals surface area contributed by atoms with Gasteiger partial charge in [-0.25, -0.2) is 4.39 Å². The molecule has 1 aromatic carbocycles. The first-order chi connectivity index (χ1) is 14.8. The van der Waals surface area contributed by atoms with Gasteiger partial charge in [0.15, 0.2) is 0 Å². The Morgan fingerprint density at radius 3 is 2.89 bits per heavy atom. The molecule has 0 atom stereocenters. The fourth-order valence-corrected chi connectivity index (χ4v) is 3.10. The maximum atomic E-state index is 13.7. The van der Waals surface area contributed by atoms with Crippen LogP contribution in [0, 0.1) is 19.7 Å². The summed E-state index contributed by atoms with van der Waals surface area (Å²) in [4.78, 5) is 28.0. The number of amides is 2. The van der Waals surface area contributed by atoms with Crippen LogP contribution in [0.3, 0.4) is 0 Å². The number of anilines is 1. The standard InChI is InChI=1S/C20H23FN4O2.ClH/c1-4-22-7-8-23-20(27)18-11(2)17(24-12(18)3)10-15-14-9-13(21)5-6-16(14)25-19(15)26;/h5-6,9-10,22,24H,4,7-8H2,1-3H3,(H,23,27)(H,25,26);1H/b15-10+;/i1D3,4D2;. The van der Waals surface area contributed by atoms with Gasteiger partial charge in [0.1, 0.15) is 5.82 Å². The Labute approximate surface area is 176 Å². The van der Waals surface area contributed by atoms with Crippen molar-refractivity contribution in [1.82, 2.24) is 15.6 Å². The molecule has 2 heterocycles. The number of carbonyl (C=O) groups is 2. The second-order valence-electron chi connectivity index (χ2n) is 6.17. The number of benzene rings is 1. The Kier molecular flexibility index (Phi) is 4.94. The molecule has 0 spiro atoms. The molecule has 1 aliphatic heterocycles. The molecule has 0 unspecified atom stereocenters. The fraction of sp³-hybridized carbons (Fsp3) is 0.300. The van der Waals surface area contributed by atoms with Gasteiger partial charge in [-0.15, -0.1) is 12.4 Å². The number of aromatic nitrogens is 1. The molecule has 0 saturated carbocycles. The number of fused-ring (bicyclic) bond motifs is 1. The van der Waals surface area contributed by atoms with Crippen molar-refractivity contribution >= 4 is 41.6 Å². The molecule has 0 saturated heterocycles. The van der Waals surface area contributed by atoms with Crippen molar-refractivity contribution in [2.45, 2.75) is 20.7 Å². The van der Waals surface area contributed by atoms with Crippen LogP contribution >= 0.6 is 12.4 Å². The normalized spacial score (nSPS) is 17.5. The number of likely N-dealkylation sites (N-methyl/N-ethyl adjacent to an activating group) is 1. The maximum Gasteiger partial charge on any atom is 0.256 e. The van der Waals surface area contributed by atoms with E-state index in [1.165, 1.54) is 18.2 Å². The van der Waals surface area contributed by atoms with Crippen LogP contribution < -0.4 is 16.0 Å². The average Bonchev–Trinajstić information content (AvgIpc) is 3.13. The molecule has 4 N–H and O–H groups in total. The van der Waals surface area contributed by atoms with Crippen molar-refractivity contribution in [2.75, 3.05) is 24.9 Å². The van der Waals surface area contributed by atoms with Gasteiger partial charge in [0.25, 0.3) is 11.8 Å². The number of H-pyrrole nitrogens is 1. The summed E-state index contributed by atoms with van der Waals surface area (Å²) in [6.45, 7) is -2.09. The van der Waals surface area contributed by atoms with Gasteiger partial charge in [0.2, 0.25) is 0 Å². The molecular formula is C20H24ClFN4O2. The molecule has 2 amide bonds. The Morgan fingerprint density at radius 1 is 1.36 bits per heavy atom. The number of aromatic amines is 1. The Hall–Kier alpha value is -2.64. The number of hydrogen-bond donors (Lipinski definition) is 4. The summed E-state index contributed by atoms with van der Waals surface area (Å²) >= 11 is 0. The van der Waals surface area contributed by atoms with Gasteiger partial charge in [-0.1, -0.05) is 6.85 Å². The van der Waals surface area contributed by atoms with Crippen molar-refractivity contribution in [2.24, 2.45) is 0 Å². The summed E-state index contributed by atoms with van der Waals surface area (Å²) in [6, 6.07) is 4.01. The van der Waals surface area contributed by atoms with Crippen LogP contribution in [0.5, 0.6) is 0 Å². The van der Waals surface area contributed by atoms with Crippen LogP contribution in [-0.4, -0.2) is 36.4 Å². The summed E-state index contributed by atoms with van der Waals surface area (Å²) in [6.07, 6.45) is 1.56. The zero-order chi connectivity index (χ0) is 23.8. The lowest BCUT2D eigenvalue weighted by atomic mass is 10.0. The molecule has 3 rings (SSSR count). The van der Waals surface area contributed by atoms with Crippen molar-refractivity contribution < 1.29 is 20.8 Å². The SMILES string of the molecule is Cl.[2H]C([2H])([2H])C([2H])([2H])NCCNC(=O)c1c(C)[nH]c(/C=C2/C(=O)Nc3ccc(F)cc32)c1C. The second kappa shape index (κ2) is 9.03. The lowest BCUT2D eigenvalue weighted by molar-refractivity contribution is -0.110. The van der Waals surface area contributed by atoms with Crippen LogP contribution in [0.25, 0.3) is 11.6 Å². The van der Waals surface area contributed by atoms with E-state index in [4.69, 9.17) is 6.85 Å². The second-order valence-corrected chi connectivity index (χ2v) is 6.17. The molecule has 1 aliphatic rings. The first kappa shape index (κ1) is 15.3. The molecule has 0 radical (unpaired) electrons. The van der Waals surface area contributed by atoms with E-state index in [9.17, 15) is 14.0 Å². The smallest absolute Gasteiger partial charge is 0.256 e.